The number of fused-ring (bicyclic) bond motifs is 1. The molecule has 0 bridgehead atoms. The summed E-state index contributed by atoms with van der Waals surface area (Å²) < 4.78 is 0. The molecular weight excluding hydrogens is 368 g/mol. The topological polar surface area (TPSA) is 31.3 Å². The van der Waals surface area contributed by atoms with E-state index >= 15 is 0 Å². The van der Waals surface area contributed by atoms with E-state index in [0.29, 0.717) is 5.92 Å². The Morgan fingerprint density at radius 3 is 2.57 bits per heavy atom. The van der Waals surface area contributed by atoms with Gasteiger partial charge in [0.25, 0.3) is 0 Å². The van der Waals surface area contributed by atoms with Crippen LogP contribution in [0.25, 0.3) is 0 Å². The molecule has 0 amide bonds. The molecule has 2 fully saturated rings. The molecule has 4 heterocycles. The van der Waals surface area contributed by atoms with Crippen LogP contribution in [0.4, 0.5) is 0 Å². The van der Waals surface area contributed by atoms with Crippen molar-refractivity contribution in [3.8, 4) is 0 Å². The third-order valence-electron chi connectivity index (χ3n) is 6.24. The fourth-order valence-corrected chi connectivity index (χ4v) is 5.51. The molecule has 1 aromatic heterocycles. The first kappa shape index (κ1) is 18.2. The van der Waals surface area contributed by atoms with E-state index in [4.69, 9.17) is 4.84 Å². The first-order valence-corrected chi connectivity index (χ1v) is 11.1. The lowest BCUT2D eigenvalue weighted by Crippen LogP contribution is -2.50. The minimum absolute atomic E-state index is 0.227. The molecule has 2 atom stereocenters. The molecule has 0 saturated carbocycles. The van der Waals surface area contributed by atoms with Crippen molar-refractivity contribution < 1.29 is 4.84 Å². The molecule has 0 N–H and O–H groups in total. The molecule has 0 spiro atoms. The zero-order valence-electron chi connectivity index (χ0n) is 16.5. The summed E-state index contributed by atoms with van der Waals surface area (Å²) in [7, 11) is 0. The molecule has 3 aliphatic heterocycles. The van der Waals surface area contributed by atoms with Crippen LogP contribution in [0.1, 0.15) is 16.0 Å². The molecule has 5 nitrogen and oxygen atoms in total. The van der Waals surface area contributed by atoms with Gasteiger partial charge in [0.1, 0.15) is 0 Å². The highest BCUT2D eigenvalue weighted by molar-refractivity contribution is 7.10. The van der Waals surface area contributed by atoms with Crippen molar-refractivity contribution in [2.45, 2.75) is 26.1 Å². The van der Waals surface area contributed by atoms with Gasteiger partial charge in [-0.1, -0.05) is 35.5 Å². The molecule has 2 saturated heterocycles. The number of likely N-dealkylation sites (tertiary alicyclic amines) is 1. The number of nitrogens with zero attached hydrogens (tertiary/aromatic N) is 4. The molecular formula is C22H28N4OS. The maximum atomic E-state index is 5.83. The van der Waals surface area contributed by atoms with Crippen molar-refractivity contribution in [2.24, 2.45) is 11.1 Å². The van der Waals surface area contributed by atoms with Crippen molar-refractivity contribution in [3.63, 3.8) is 0 Å². The summed E-state index contributed by atoms with van der Waals surface area (Å²) in [5.41, 5.74) is 2.80. The zero-order chi connectivity index (χ0) is 18.9. The van der Waals surface area contributed by atoms with Gasteiger partial charge in [-0.05, 0) is 29.5 Å². The predicted molar refractivity (Wildman–Crippen MR) is 113 cm³/mol. The highest BCUT2D eigenvalue weighted by Crippen LogP contribution is 2.30. The van der Waals surface area contributed by atoms with Gasteiger partial charge in [-0.25, -0.2) is 0 Å². The van der Waals surface area contributed by atoms with E-state index in [9.17, 15) is 0 Å². The Bertz CT molecular complexity index is 828. The SMILES string of the molecule is Cc1ccsc1CN1CCN(C2=NOC3CN(Cc4ccccc4)CC23)CC1. The smallest absolute Gasteiger partial charge is 0.152 e. The zero-order valence-corrected chi connectivity index (χ0v) is 17.3. The summed E-state index contributed by atoms with van der Waals surface area (Å²) >= 11 is 1.88. The minimum Gasteiger partial charge on any atom is -0.389 e. The van der Waals surface area contributed by atoms with Gasteiger partial charge < -0.3 is 9.74 Å². The average Bonchev–Trinajstić information content (AvgIpc) is 3.40. The Morgan fingerprint density at radius 2 is 1.82 bits per heavy atom. The summed E-state index contributed by atoms with van der Waals surface area (Å²) in [4.78, 5) is 14.9. The molecule has 0 aliphatic carbocycles. The molecule has 148 valence electrons. The molecule has 28 heavy (non-hydrogen) atoms. The summed E-state index contributed by atoms with van der Waals surface area (Å²) in [5, 5.41) is 6.70. The maximum Gasteiger partial charge on any atom is 0.152 e. The summed E-state index contributed by atoms with van der Waals surface area (Å²) in [6.07, 6.45) is 0.227. The Morgan fingerprint density at radius 1 is 1.00 bits per heavy atom. The van der Waals surface area contributed by atoms with Crippen LogP contribution in [-0.4, -0.2) is 65.9 Å². The van der Waals surface area contributed by atoms with Crippen LogP contribution in [0.2, 0.25) is 0 Å². The number of hydrogen-bond donors (Lipinski definition) is 0. The normalized spacial score (nSPS) is 25.6. The van der Waals surface area contributed by atoms with Crippen molar-refractivity contribution in [1.29, 1.82) is 0 Å². The molecule has 2 aromatic rings. The maximum absolute atomic E-state index is 5.83. The lowest BCUT2D eigenvalue weighted by Gasteiger charge is -2.36. The number of benzene rings is 1. The molecule has 5 rings (SSSR count). The largest absolute Gasteiger partial charge is 0.389 e. The molecule has 6 heteroatoms. The van der Waals surface area contributed by atoms with Gasteiger partial charge in [0, 0.05) is 57.2 Å². The van der Waals surface area contributed by atoms with Crippen molar-refractivity contribution >= 4 is 17.2 Å². The van der Waals surface area contributed by atoms with E-state index in [1.807, 2.05) is 11.3 Å². The molecule has 0 radical (unpaired) electrons. The van der Waals surface area contributed by atoms with E-state index in [-0.39, 0.29) is 6.10 Å². The van der Waals surface area contributed by atoms with Crippen LogP contribution >= 0.6 is 11.3 Å². The third kappa shape index (κ3) is 3.69. The lowest BCUT2D eigenvalue weighted by atomic mass is 10.0. The van der Waals surface area contributed by atoms with Crippen LogP contribution in [0.15, 0.2) is 46.9 Å². The van der Waals surface area contributed by atoms with Gasteiger partial charge in [0.2, 0.25) is 0 Å². The van der Waals surface area contributed by atoms with E-state index in [1.165, 1.54) is 21.8 Å². The van der Waals surface area contributed by atoms with Crippen LogP contribution in [-0.2, 0) is 17.9 Å². The van der Waals surface area contributed by atoms with Gasteiger partial charge in [0.05, 0.1) is 5.92 Å². The molecule has 2 unspecified atom stereocenters. The quantitative estimate of drug-likeness (QED) is 0.795. The average molecular weight is 397 g/mol. The highest BCUT2D eigenvalue weighted by atomic mass is 32.1. The third-order valence-corrected chi connectivity index (χ3v) is 7.24. The van der Waals surface area contributed by atoms with Gasteiger partial charge in [-0.2, -0.15) is 0 Å². The summed E-state index contributed by atoms with van der Waals surface area (Å²) in [6.45, 7) is 10.6. The number of oxime groups is 1. The first-order chi connectivity index (χ1) is 13.8. The fourth-order valence-electron chi connectivity index (χ4n) is 4.56. The van der Waals surface area contributed by atoms with E-state index in [1.54, 1.807) is 0 Å². The van der Waals surface area contributed by atoms with Gasteiger partial charge >= 0.3 is 0 Å². The van der Waals surface area contributed by atoms with Crippen LogP contribution in [0.5, 0.6) is 0 Å². The van der Waals surface area contributed by atoms with Crippen LogP contribution < -0.4 is 0 Å². The second-order valence-corrected chi connectivity index (χ2v) is 9.17. The van der Waals surface area contributed by atoms with Gasteiger partial charge in [-0.15, -0.1) is 11.3 Å². The van der Waals surface area contributed by atoms with E-state index < -0.39 is 0 Å². The predicted octanol–water partition coefficient (Wildman–Crippen LogP) is 3.02. The summed E-state index contributed by atoms with van der Waals surface area (Å²) in [5.74, 6) is 1.61. The first-order valence-electron chi connectivity index (χ1n) is 10.3. The Labute approximate surface area is 171 Å². The van der Waals surface area contributed by atoms with Crippen molar-refractivity contribution in [3.05, 3.63) is 57.8 Å². The highest BCUT2D eigenvalue weighted by Gasteiger charge is 2.44. The number of piperazine rings is 1. The summed E-state index contributed by atoms with van der Waals surface area (Å²) in [6, 6.07) is 13.0. The van der Waals surface area contributed by atoms with Crippen molar-refractivity contribution in [1.82, 2.24) is 14.7 Å². The number of hydrogen-bond acceptors (Lipinski definition) is 6. The van der Waals surface area contributed by atoms with Crippen LogP contribution in [0.3, 0.4) is 0 Å². The second-order valence-electron chi connectivity index (χ2n) is 8.17. The van der Waals surface area contributed by atoms with Gasteiger partial charge in [0.15, 0.2) is 11.9 Å². The van der Waals surface area contributed by atoms with E-state index in [2.05, 4.69) is 68.6 Å². The number of rotatable bonds is 4. The van der Waals surface area contributed by atoms with Crippen LogP contribution in [0, 0.1) is 12.8 Å². The lowest BCUT2D eigenvalue weighted by molar-refractivity contribution is 0.0743. The Balaban J connectivity index is 1.15. The van der Waals surface area contributed by atoms with E-state index in [0.717, 1.165) is 52.4 Å². The standard InChI is InChI=1S/C22H28N4OS/c1-17-7-12-28-21(17)16-24-8-10-26(11-9-24)22-19-14-25(15-20(19)27-23-22)13-18-5-3-2-4-6-18/h2-7,12,19-20H,8-11,13-16H2,1H3. The monoisotopic (exact) mass is 396 g/mol. The number of amidine groups is 1. The Kier molecular flexibility index (Phi) is 5.09. The van der Waals surface area contributed by atoms with Crippen molar-refractivity contribution in [2.75, 3.05) is 39.3 Å². The fraction of sp³-hybridized carbons (Fsp3) is 0.500. The molecule has 1 aromatic carbocycles. The molecule has 3 aliphatic rings. The van der Waals surface area contributed by atoms with Gasteiger partial charge in [-0.3, -0.25) is 9.80 Å². The second kappa shape index (κ2) is 7.85. The number of thiophene rings is 1. The number of aryl methyl sites for hydroxylation is 1. The Hall–Kier alpha value is -1.89. The minimum atomic E-state index is 0.227.